The Hall–Kier alpha value is -4.89. The molecule has 1 saturated heterocycles. The number of nitrogens with zero attached hydrogens (tertiary/aromatic N) is 5. The van der Waals surface area contributed by atoms with Crippen molar-refractivity contribution in [2.24, 2.45) is 7.05 Å². The highest BCUT2D eigenvalue weighted by atomic mass is 19.1. The molecule has 2 aromatic heterocycles. The van der Waals surface area contributed by atoms with Gasteiger partial charge in [0, 0.05) is 51.3 Å². The molecule has 0 spiro atoms. The maximum atomic E-state index is 13.7. The molecule has 0 saturated carbocycles. The van der Waals surface area contributed by atoms with Gasteiger partial charge in [0.25, 0.3) is 5.91 Å². The quantitative estimate of drug-likeness (QED) is 0.203. The van der Waals surface area contributed by atoms with Crippen LogP contribution in [0, 0.1) is 17.5 Å². The lowest BCUT2D eigenvalue weighted by molar-refractivity contribution is 0.0977. The highest BCUT2D eigenvalue weighted by Crippen LogP contribution is 2.31. The predicted octanol–water partition coefficient (Wildman–Crippen LogP) is 6.60. The second-order valence-electron chi connectivity index (χ2n) is 10.9. The van der Waals surface area contributed by atoms with Crippen LogP contribution in [0.25, 0.3) is 0 Å². The Bertz CT molecular complexity index is 1650. The summed E-state index contributed by atoms with van der Waals surface area (Å²) in [6.45, 7) is 3.17. The Labute approximate surface area is 254 Å². The molecular weight excluding hydrogens is 563 g/mol. The van der Waals surface area contributed by atoms with Crippen molar-refractivity contribution in [1.29, 1.82) is 0 Å². The van der Waals surface area contributed by atoms with Crippen molar-refractivity contribution in [2.75, 3.05) is 36.0 Å². The standard InChI is InChI=1S/C35H32F3N5O/c1-40-18-2-3-32(40)35(44)43(31-15-13-30(38)14-16-31)24-25-4-17-33(39-23-25)41-19-21-42(22-20-41)34(26-5-9-28(36)10-6-26)27-7-11-29(37)12-8-27/h2-18,23,34H,19-22,24H2,1H3. The first kappa shape index (κ1) is 29.2. The predicted molar refractivity (Wildman–Crippen MR) is 165 cm³/mol. The molecule has 0 aliphatic carbocycles. The lowest BCUT2D eigenvalue weighted by atomic mass is 9.96. The molecular formula is C35H32F3N5O. The van der Waals surface area contributed by atoms with Crippen LogP contribution in [0.1, 0.15) is 33.2 Å². The number of amides is 1. The minimum absolute atomic E-state index is 0.132. The second-order valence-corrected chi connectivity index (χ2v) is 10.9. The Morgan fingerprint density at radius 3 is 1.84 bits per heavy atom. The number of halogens is 3. The zero-order chi connectivity index (χ0) is 30.6. The molecule has 1 fully saturated rings. The van der Waals surface area contributed by atoms with Crippen LogP contribution in [0.2, 0.25) is 0 Å². The van der Waals surface area contributed by atoms with Gasteiger partial charge in [-0.2, -0.15) is 0 Å². The number of aryl methyl sites for hydroxylation is 1. The first-order valence-corrected chi connectivity index (χ1v) is 14.5. The van der Waals surface area contributed by atoms with Crippen molar-refractivity contribution in [3.8, 4) is 0 Å². The second kappa shape index (κ2) is 12.8. The largest absolute Gasteiger partial charge is 0.354 e. The first-order chi connectivity index (χ1) is 21.4. The maximum absolute atomic E-state index is 13.7. The summed E-state index contributed by atoms with van der Waals surface area (Å²) in [7, 11) is 1.81. The number of piperazine rings is 1. The number of hydrogen-bond acceptors (Lipinski definition) is 4. The van der Waals surface area contributed by atoms with E-state index >= 15 is 0 Å². The molecule has 0 N–H and O–H groups in total. The fourth-order valence-corrected chi connectivity index (χ4v) is 5.72. The summed E-state index contributed by atoms with van der Waals surface area (Å²) in [5.41, 5.74) is 3.85. The Morgan fingerprint density at radius 1 is 0.773 bits per heavy atom. The molecule has 44 heavy (non-hydrogen) atoms. The molecule has 0 radical (unpaired) electrons. The number of pyridine rings is 1. The Morgan fingerprint density at radius 2 is 1.34 bits per heavy atom. The number of hydrogen-bond donors (Lipinski definition) is 0. The third-order valence-electron chi connectivity index (χ3n) is 8.07. The van der Waals surface area contributed by atoms with Gasteiger partial charge in [0.2, 0.25) is 0 Å². The van der Waals surface area contributed by atoms with Crippen LogP contribution < -0.4 is 9.80 Å². The van der Waals surface area contributed by atoms with Gasteiger partial charge in [0.1, 0.15) is 29.0 Å². The van der Waals surface area contributed by atoms with Crippen molar-refractivity contribution in [1.82, 2.24) is 14.5 Å². The fourth-order valence-electron chi connectivity index (χ4n) is 5.72. The first-order valence-electron chi connectivity index (χ1n) is 14.5. The van der Waals surface area contributed by atoms with Gasteiger partial charge in [0.05, 0.1) is 12.6 Å². The fraction of sp³-hybridized carbons (Fsp3) is 0.200. The van der Waals surface area contributed by atoms with E-state index in [-0.39, 0.29) is 35.9 Å². The van der Waals surface area contributed by atoms with E-state index < -0.39 is 0 Å². The van der Waals surface area contributed by atoms with Crippen LogP contribution in [-0.4, -0.2) is 46.5 Å². The van der Waals surface area contributed by atoms with Crippen LogP contribution in [0.4, 0.5) is 24.7 Å². The van der Waals surface area contributed by atoms with Crippen molar-refractivity contribution >= 4 is 17.4 Å². The topological polar surface area (TPSA) is 44.6 Å². The van der Waals surface area contributed by atoms with E-state index in [1.54, 1.807) is 58.1 Å². The van der Waals surface area contributed by atoms with Crippen LogP contribution in [0.3, 0.4) is 0 Å². The molecule has 3 heterocycles. The smallest absolute Gasteiger partial charge is 0.275 e. The Kier molecular flexibility index (Phi) is 8.47. The van der Waals surface area contributed by atoms with E-state index in [1.807, 2.05) is 31.4 Å². The van der Waals surface area contributed by atoms with Gasteiger partial charge in [-0.25, -0.2) is 18.2 Å². The molecule has 0 bridgehead atoms. The van der Waals surface area contributed by atoms with Crippen molar-refractivity contribution in [3.05, 3.63) is 149 Å². The van der Waals surface area contributed by atoms with Gasteiger partial charge in [-0.05, 0) is 83.4 Å². The number of benzene rings is 3. The lowest BCUT2D eigenvalue weighted by Gasteiger charge is -2.40. The molecule has 6 nitrogen and oxygen atoms in total. The molecule has 1 aliphatic heterocycles. The zero-order valence-electron chi connectivity index (χ0n) is 24.3. The highest BCUT2D eigenvalue weighted by molar-refractivity contribution is 6.05. The van der Waals surface area contributed by atoms with E-state index in [1.165, 1.54) is 36.4 Å². The normalized spacial score (nSPS) is 13.8. The summed E-state index contributed by atoms with van der Waals surface area (Å²) < 4.78 is 42.8. The van der Waals surface area contributed by atoms with E-state index in [2.05, 4.69) is 9.80 Å². The summed E-state index contributed by atoms with van der Waals surface area (Å²) in [6, 6.07) is 26.2. The van der Waals surface area contributed by atoms with Gasteiger partial charge in [-0.1, -0.05) is 30.3 Å². The average Bonchev–Trinajstić information content (AvgIpc) is 3.48. The maximum Gasteiger partial charge on any atom is 0.275 e. The summed E-state index contributed by atoms with van der Waals surface area (Å²) >= 11 is 0. The van der Waals surface area contributed by atoms with Crippen molar-refractivity contribution in [3.63, 3.8) is 0 Å². The molecule has 5 aromatic rings. The third-order valence-corrected chi connectivity index (χ3v) is 8.07. The Balaban J connectivity index is 1.16. The molecule has 0 atom stereocenters. The minimum Gasteiger partial charge on any atom is -0.354 e. The third kappa shape index (κ3) is 6.38. The van der Waals surface area contributed by atoms with Crippen LogP contribution >= 0.6 is 0 Å². The number of rotatable bonds is 8. The van der Waals surface area contributed by atoms with Crippen LogP contribution in [0.15, 0.2) is 109 Å². The molecule has 9 heteroatoms. The SMILES string of the molecule is Cn1cccc1C(=O)N(Cc1ccc(N2CCN(C(c3ccc(F)cc3)c3ccc(F)cc3)CC2)nc1)c1ccc(F)cc1. The molecule has 224 valence electrons. The van der Waals surface area contributed by atoms with Gasteiger partial charge in [0.15, 0.2) is 0 Å². The van der Waals surface area contributed by atoms with E-state index in [4.69, 9.17) is 4.98 Å². The lowest BCUT2D eigenvalue weighted by Crippen LogP contribution is -2.48. The monoisotopic (exact) mass is 595 g/mol. The van der Waals surface area contributed by atoms with Gasteiger partial charge < -0.3 is 14.4 Å². The van der Waals surface area contributed by atoms with Gasteiger partial charge in [-0.15, -0.1) is 0 Å². The van der Waals surface area contributed by atoms with Gasteiger partial charge >= 0.3 is 0 Å². The molecule has 0 unspecified atom stereocenters. The summed E-state index contributed by atoms with van der Waals surface area (Å²) in [6.07, 6.45) is 3.59. The van der Waals surface area contributed by atoms with Crippen molar-refractivity contribution in [2.45, 2.75) is 12.6 Å². The van der Waals surface area contributed by atoms with E-state index in [0.29, 0.717) is 11.4 Å². The summed E-state index contributed by atoms with van der Waals surface area (Å²) in [4.78, 5) is 24.4. The zero-order valence-corrected chi connectivity index (χ0v) is 24.3. The summed E-state index contributed by atoms with van der Waals surface area (Å²) in [5.74, 6) is -0.323. The summed E-state index contributed by atoms with van der Waals surface area (Å²) in [5, 5.41) is 0. The highest BCUT2D eigenvalue weighted by Gasteiger charge is 2.27. The minimum atomic E-state index is -0.368. The number of carbonyl (C=O) groups is 1. The van der Waals surface area contributed by atoms with Gasteiger partial charge in [-0.3, -0.25) is 9.69 Å². The molecule has 1 aliphatic rings. The molecule has 6 rings (SSSR count). The number of anilines is 2. The molecule has 1 amide bonds. The average molecular weight is 596 g/mol. The van der Waals surface area contributed by atoms with Crippen LogP contribution in [0.5, 0.6) is 0 Å². The van der Waals surface area contributed by atoms with E-state index in [9.17, 15) is 18.0 Å². The van der Waals surface area contributed by atoms with Crippen LogP contribution in [-0.2, 0) is 13.6 Å². The van der Waals surface area contributed by atoms with Crippen molar-refractivity contribution < 1.29 is 18.0 Å². The number of carbonyl (C=O) groups excluding carboxylic acids is 1. The molecule has 3 aromatic carbocycles. The number of aromatic nitrogens is 2. The van der Waals surface area contributed by atoms with E-state index in [0.717, 1.165) is 48.7 Å².